The SMILES string of the molecule is Cc1c(F)cc2nc3c(c4c2c1CCC4)Cn1c-3cc(C(C)OCNC(=O)CNC=O)c(COC=O)c1=O. The van der Waals surface area contributed by atoms with Gasteiger partial charge in [-0.2, -0.15) is 0 Å². The fourth-order valence-corrected chi connectivity index (χ4v) is 5.48. The minimum Gasteiger partial charge on any atom is -0.463 e. The molecule has 2 amide bonds. The number of hydrogen-bond donors (Lipinski definition) is 2. The summed E-state index contributed by atoms with van der Waals surface area (Å²) in [5.74, 6) is -0.735. The predicted molar refractivity (Wildman–Crippen MR) is 135 cm³/mol. The quantitative estimate of drug-likeness (QED) is 0.241. The number of fused-ring (bicyclic) bond motifs is 4. The van der Waals surface area contributed by atoms with Crippen LogP contribution in [0.3, 0.4) is 0 Å². The van der Waals surface area contributed by atoms with Crippen molar-refractivity contribution in [1.82, 2.24) is 20.2 Å². The molecule has 3 aromatic rings. The van der Waals surface area contributed by atoms with E-state index in [1.165, 1.54) is 6.07 Å². The van der Waals surface area contributed by atoms with Crippen molar-refractivity contribution in [2.24, 2.45) is 0 Å². The van der Waals surface area contributed by atoms with E-state index in [0.717, 1.165) is 41.3 Å². The number of rotatable bonds is 10. The van der Waals surface area contributed by atoms with E-state index in [4.69, 9.17) is 14.5 Å². The van der Waals surface area contributed by atoms with E-state index in [-0.39, 0.29) is 43.3 Å². The summed E-state index contributed by atoms with van der Waals surface area (Å²) in [6, 6.07) is 3.25. The zero-order chi connectivity index (χ0) is 27.0. The maximum Gasteiger partial charge on any atom is 0.293 e. The van der Waals surface area contributed by atoms with Crippen LogP contribution in [0.5, 0.6) is 0 Å². The molecule has 0 saturated heterocycles. The smallest absolute Gasteiger partial charge is 0.293 e. The zero-order valence-electron chi connectivity index (χ0n) is 21.1. The Morgan fingerprint density at radius 2 is 2.03 bits per heavy atom. The highest BCUT2D eigenvalue weighted by molar-refractivity contribution is 5.92. The Kier molecular flexibility index (Phi) is 6.94. The van der Waals surface area contributed by atoms with Crippen molar-refractivity contribution in [3.05, 3.63) is 61.7 Å². The topological polar surface area (TPSA) is 129 Å². The summed E-state index contributed by atoms with van der Waals surface area (Å²) in [5.41, 5.74) is 5.87. The zero-order valence-corrected chi connectivity index (χ0v) is 21.1. The number of ether oxygens (including phenoxy) is 2. The van der Waals surface area contributed by atoms with Gasteiger partial charge in [-0.05, 0) is 61.4 Å². The minimum atomic E-state index is -0.660. The van der Waals surface area contributed by atoms with Crippen LogP contribution >= 0.6 is 0 Å². The van der Waals surface area contributed by atoms with Crippen molar-refractivity contribution in [3.63, 3.8) is 0 Å². The third kappa shape index (κ3) is 4.32. The highest BCUT2D eigenvalue weighted by atomic mass is 19.1. The lowest BCUT2D eigenvalue weighted by Crippen LogP contribution is -2.35. The van der Waals surface area contributed by atoms with Crippen LogP contribution in [0.1, 0.15) is 52.8 Å². The molecule has 3 heterocycles. The van der Waals surface area contributed by atoms with Crippen LogP contribution in [0.2, 0.25) is 0 Å². The number of pyridine rings is 2. The number of carbonyl (C=O) groups excluding carboxylic acids is 3. The highest BCUT2D eigenvalue weighted by Gasteiger charge is 2.31. The Hall–Kier alpha value is -4.12. The lowest BCUT2D eigenvalue weighted by atomic mass is 9.85. The molecule has 0 fully saturated rings. The van der Waals surface area contributed by atoms with Gasteiger partial charge in [0.2, 0.25) is 12.3 Å². The van der Waals surface area contributed by atoms with Crippen LogP contribution in [0.25, 0.3) is 22.3 Å². The van der Waals surface area contributed by atoms with Crippen LogP contribution in [-0.4, -0.2) is 41.6 Å². The molecule has 198 valence electrons. The number of aryl methyl sites for hydroxylation is 2. The van der Waals surface area contributed by atoms with E-state index in [9.17, 15) is 23.6 Å². The number of benzene rings is 1. The summed E-state index contributed by atoms with van der Waals surface area (Å²) >= 11 is 0. The molecule has 1 aliphatic carbocycles. The van der Waals surface area contributed by atoms with Gasteiger partial charge >= 0.3 is 0 Å². The van der Waals surface area contributed by atoms with Gasteiger partial charge in [0.05, 0.1) is 41.7 Å². The molecule has 0 saturated carbocycles. The fraction of sp³-hybridized carbons (Fsp3) is 0.370. The van der Waals surface area contributed by atoms with Gasteiger partial charge in [0.1, 0.15) is 19.2 Å². The van der Waals surface area contributed by atoms with E-state index < -0.39 is 12.0 Å². The van der Waals surface area contributed by atoms with Crippen molar-refractivity contribution in [2.75, 3.05) is 13.3 Å². The van der Waals surface area contributed by atoms with Gasteiger partial charge < -0.3 is 24.7 Å². The monoisotopic (exact) mass is 522 g/mol. The lowest BCUT2D eigenvalue weighted by Gasteiger charge is -2.22. The molecule has 5 rings (SSSR count). The van der Waals surface area contributed by atoms with Gasteiger partial charge in [0.15, 0.2) is 0 Å². The van der Waals surface area contributed by atoms with Crippen molar-refractivity contribution in [2.45, 2.75) is 52.4 Å². The molecule has 0 spiro atoms. The molecule has 2 aliphatic rings. The van der Waals surface area contributed by atoms with Crippen LogP contribution < -0.4 is 16.2 Å². The van der Waals surface area contributed by atoms with Gasteiger partial charge in [-0.1, -0.05) is 0 Å². The van der Waals surface area contributed by atoms with Crippen molar-refractivity contribution >= 4 is 29.7 Å². The van der Waals surface area contributed by atoms with Crippen LogP contribution in [0.4, 0.5) is 4.39 Å². The van der Waals surface area contributed by atoms with E-state index >= 15 is 0 Å². The highest BCUT2D eigenvalue weighted by Crippen LogP contribution is 2.41. The second kappa shape index (κ2) is 10.3. The molecule has 10 nitrogen and oxygen atoms in total. The normalized spacial score (nSPS) is 14.0. The van der Waals surface area contributed by atoms with Gasteiger partial charge in [0.25, 0.3) is 12.0 Å². The Morgan fingerprint density at radius 3 is 2.79 bits per heavy atom. The average molecular weight is 523 g/mol. The van der Waals surface area contributed by atoms with Crippen LogP contribution in [-0.2, 0) is 49.9 Å². The molecule has 0 bridgehead atoms. The second-order valence-corrected chi connectivity index (χ2v) is 9.44. The summed E-state index contributed by atoms with van der Waals surface area (Å²) in [7, 11) is 0. The van der Waals surface area contributed by atoms with E-state index in [1.807, 2.05) is 0 Å². The molecule has 1 aliphatic heterocycles. The Morgan fingerprint density at radius 1 is 1.24 bits per heavy atom. The van der Waals surface area contributed by atoms with E-state index in [2.05, 4.69) is 10.6 Å². The van der Waals surface area contributed by atoms with E-state index in [1.54, 1.807) is 24.5 Å². The first-order chi connectivity index (χ1) is 18.3. The van der Waals surface area contributed by atoms with Crippen LogP contribution in [0, 0.1) is 12.7 Å². The number of nitrogens with one attached hydrogen (secondary N) is 2. The van der Waals surface area contributed by atoms with Gasteiger partial charge in [-0.25, -0.2) is 9.37 Å². The first-order valence-corrected chi connectivity index (χ1v) is 12.4. The molecule has 0 radical (unpaired) electrons. The predicted octanol–water partition coefficient (Wildman–Crippen LogP) is 1.93. The molecule has 11 heteroatoms. The standard InChI is InChI=1S/C27H27FN4O6/c1-14-16-4-3-5-17-19-9-32-23(26(19)31-22(25(16)17)7-21(14)28)6-18(20(27(32)36)10-37-13-34)15(2)38-12-30-24(35)8-29-11-33/h6-7,11,13,15H,3-5,8-10,12H2,1-2H3,(H,29,33)(H,30,35). The largest absolute Gasteiger partial charge is 0.463 e. The summed E-state index contributed by atoms with van der Waals surface area (Å²) in [6.45, 7) is 3.50. The molecule has 38 heavy (non-hydrogen) atoms. The first kappa shape index (κ1) is 25.5. The molecule has 2 N–H and O–H groups in total. The first-order valence-electron chi connectivity index (χ1n) is 12.4. The molecular weight excluding hydrogens is 495 g/mol. The Bertz CT molecular complexity index is 1530. The summed E-state index contributed by atoms with van der Waals surface area (Å²) in [6.07, 6.45) is 2.24. The number of hydrogen-bond acceptors (Lipinski definition) is 7. The maximum absolute atomic E-state index is 14.7. The molecular formula is C27H27FN4O6. The van der Waals surface area contributed by atoms with Gasteiger partial charge in [-0.3, -0.25) is 19.2 Å². The van der Waals surface area contributed by atoms with E-state index in [0.29, 0.717) is 41.0 Å². The number of nitrogens with zero attached hydrogens (tertiary/aromatic N) is 2. The van der Waals surface area contributed by atoms with Gasteiger partial charge in [0, 0.05) is 17.0 Å². The third-order valence-electron chi connectivity index (χ3n) is 7.35. The maximum atomic E-state index is 14.7. The number of amides is 2. The van der Waals surface area contributed by atoms with Crippen molar-refractivity contribution in [1.29, 1.82) is 0 Å². The number of halogens is 1. The lowest BCUT2D eigenvalue weighted by molar-refractivity contribution is -0.130. The van der Waals surface area contributed by atoms with Crippen LogP contribution in [0.15, 0.2) is 16.9 Å². The summed E-state index contributed by atoms with van der Waals surface area (Å²) < 4.78 is 27.1. The Balaban J connectivity index is 1.57. The summed E-state index contributed by atoms with van der Waals surface area (Å²) in [4.78, 5) is 51.5. The molecule has 1 aromatic carbocycles. The minimum absolute atomic E-state index is 0.169. The number of carbonyl (C=O) groups is 3. The van der Waals surface area contributed by atoms with Gasteiger partial charge in [-0.15, -0.1) is 0 Å². The molecule has 1 atom stereocenters. The van der Waals surface area contributed by atoms with Crippen molar-refractivity contribution < 1.29 is 28.2 Å². The summed E-state index contributed by atoms with van der Waals surface area (Å²) in [5, 5.41) is 5.76. The molecule has 1 unspecified atom stereocenters. The molecule has 2 aromatic heterocycles. The van der Waals surface area contributed by atoms with Crippen molar-refractivity contribution in [3.8, 4) is 11.4 Å². The Labute approximate surface area is 217 Å². The fourth-order valence-electron chi connectivity index (χ4n) is 5.48. The second-order valence-electron chi connectivity index (χ2n) is 9.44. The average Bonchev–Trinajstić information content (AvgIpc) is 3.28. The third-order valence-corrected chi connectivity index (χ3v) is 7.35. The number of aromatic nitrogens is 2.